The molecule has 0 saturated carbocycles. The Morgan fingerprint density at radius 2 is 1.71 bits per heavy atom. The number of hydrogen-bond donors (Lipinski definition) is 0. The van der Waals surface area contributed by atoms with Gasteiger partial charge in [-0.2, -0.15) is 0 Å². The summed E-state index contributed by atoms with van der Waals surface area (Å²) < 4.78 is 5.58. The molecule has 0 radical (unpaired) electrons. The van der Waals surface area contributed by atoms with Gasteiger partial charge < -0.3 is 9.64 Å². The Bertz CT molecular complexity index is 315. The van der Waals surface area contributed by atoms with Crippen LogP contribution in [0, 0.1) is 17.8 Å². The van der Waals surface area contributed by atoms with Crippen LogP contribution in [0.15, 0.2) is 4.99 Å². The van der Waals surface area contributed by atoms with E-state index < -0.39 is 0 Å². The number of carbonyl (C=O) groups is 1. The average Bonchev–Trinajstić information content (AvgIpc) is 2.33. The molecule has 0 rings (SSSR count). The minimum Gasteiger partial charge on any atom is -0.412 e. The molecule has 0 aromatic heterocycles. The molecule has 124 valence electrons. The van der Waals surface area contributed by atoms with Crippen LogP contribution in [0.4, 0.5) is 0 Å². The molecule has 0 fully saturated rings. The second-order valence-electron chi connectivity index (χ2n) is 6.62. The van der Waals surface area contributed by atoms with E-state index in [-0.39, 0.29) is 23.7 Å². The van der Waals surface area contributed by atoms with Crippen molar-refractivity contribution < 1.29 is 9.53 Å². The van der Waals surface area contributed by atoms with Crippen molar-refractivity contribution in [1.82, 2.24) is 4.90 Å². The second-order valence-corrected chi connectivity index (χ2v) is 6.62. The number of rotatable bonds is 9. The summed E-state index contributed by atoms with van der Waals surface area (Å²) in [6.07, 6.45) is 2.65. The van der Waals surface area contributed by atoms with Crippen molar-refractivity contribution in [1.29, 1.82) is 0 Å². The highest BCUT2D eigenvalue weighted by molar-refractivity contribution is 5.90. The Balaban J connectivity index is 4.60. The highest BCUT2D eigenvalue weighted by atomic mass is 16.5. The third kappa shape index (κ3) is 8.86. The summed E-state index contributed by atoms with van der Waals surface area (Å²) in [6.45, 7) is 12.1. The number of carbonyl (C=O) groups excluding carboxylic acids is 1. The lowest BCUT2D eigenvalue weighted by Crippen LogP contribution is -2.29. The highest BCUT2D eigenvalue weighted by Crippen LogP contribution is 2.22. The molecule has 0 aliphatic carbocycles. The molecule has 0 atom stereocenters. The third-order valence-corrected chi connectivity index (χ3v) is 3.44. The van der Waals surface area contributed by atoms with Gasteiger partial charge in [0, 0.05) is 13.0 Å². The van der Waals surface area contributed by atoms with Crippen molar-refractivity contribution in [2.45, 2.75) is 53.9 Å². The van der Waals surface area contributed by atoms with Gasteiger partial charge in [-0.1, -0.05) is 34.6 Å². The first-order chi connectivity index (χ1) is 9.79. The lowest BCUT2D eigenvalue weighted by molar-refractivity contribution is -0.143. The molecule has 4 nitrogen and oxygen atoms in total. The maximum Gasteiger partial charge on any atom is 0.315 e. The van der Waals surface area contributed by atoms with E-state index in [1.807, 2.05) is 14.1 Å². The SMILES string of the molecule is CCCC(=NCCCN(C)C)OC(=O)C(C(C)C)C(C)C. The Morgan fingerprint density at radius 3 is 2.14 bits per heavy atom. The third-order valence-electron chi connectivity index (χ3n) is 3.44. The monoisotopic (exact) mass is 298 g/mol. The number of esters is 1. The highest BCUT2D eigenvalue weighted by Gasteiger charge is 2.28. The van der Waals surface area contributed by atoms with E-state index in [1.165, 1.54) is 0 Å². The van der Waals surface area contributed by atoms with Crippen LogP contribution in [0.5, 0.6) is 0 Å². The summed E-state index contributed by atoms with van der Waals surface area (Å²) in [6, 6.07) is 0. The minimum absolute atomic E-state index is 0.0613. The van der Waals surface area contributed by atoms with Crippen molar-refractivity contribution in [3.63, 3.8) is 0 Å². The van der Waals surface area contributed by atoms with Crippen LogP contribution in [-0.2, 0) is 9.53 Å². The predicted molar refractivity (Wildman–Crippen MR) is 89.6 cm³/mol. The first-order valence-electron chi connectivity index (χ1n) is 8.19. The Hall–Kier alpha value is -0.900. The van der Waals surface area contributed by atoms with Gasteiger partial charge in [-0.15, -0.1) is 0 Å². The number of ether oxygens (including phenoxy) is 1. The number of hydrogen-bond acceptors (Lipinski definition) is 4. The zero-order valence-corrected chi connectivity index (χ0v) is 15.0. The molecular weight excluding hydrogens is 264 g/mol. The smallest absolute Gasteiger partial charge is 0.315 e. The fourth-order valence-corrected chi connectivity index (χ4v) is 2.47. The summed E-state index contributed by atoms with van der Waals surface area (Å²) in [4.78, 5) is 18.9. The van der Waals surface area contributed by atoms with Gasteiger partial charge in [0.2, 0.25) is 0 Å². The van der Waals surface area contributed by atoms with E-state index in [1.54, 1.807) is 0 Å². The molecule has 0 saturated heterocycles. The molecule has 0 amide bonds. The van der Waals surface area contributed by atoms with Gasteiger partial charge in [0.25, 0.3) is 0 Å². The molecule has 0 bridgehead atoms. The second kappa shape index (κ2) is 10.8. The van der Waals surface area contributed by atoms with Crippen LogP contribution in [0.25, 0.3) is 0 Å². The average molecular weight is 298 g/mol. The van der Waals surface area contributed by atoms with E-state index in [9.17, 15) is 4.79 Å². The van der Waals surface area contributed by atoms with Crippen molar-refractivity contribution >= 4 is 11.9 Å². The van der Waals surface area contributed by atoms with E-state index in [4.69, 9.17) is 4.74 Å². The fraction of sp³-hybridized carbons (Fsp3) is 0.882. The van der Waals surface area contributed by atoms with Crippen LogP contribution >= 0.6 is 0 Å². The van der Waals surface area contributed by atoms with Gasteiger partial charge in [0.15, 0.2) is 5.90 Å². The molecule has 0 aromatic rings. The molecular formula is C17H34N2O2. The lowest BCUT2D eigenvalue weighted by Gasteiger charge is -2.23. The zero-order chi connectivity index (χ0) is 16.4. The van der Waals surface area contributed by atoms with Crippen molar-refractivity contribution in [2.24, 2.45) is 22.7 Å². The van der Waals surface area contributed by atoms with Crippen LogP contribution in [0.2, 0.25) is 0 Å². The first kappa shape index (κ1) is 20.1. The van der Waals surface area contributed by atoms with Gasteiger partial charge in [-0.25, -0.2) is 0 Å². The van der Waals surface area contributed by atoms with Crippen LogP contribution in [0.3, 0.4) is 0 Å². The van der Waals surface area contributed by atoms with Gasteiger partial charge in [-0.3, -0.25) is 9.79 Å². The molecule has 0 unspecified atom stereocenters. The Kier molecular flexibility index (Phi) is 10.3. The van der Waals surface area contributed by atoms with Gasteiger partial charge in [0.05, 0.1) is 5.92 Å². The van der Waals surface area contributed by atoms with Crippen molar-refractivity contribution in [2.75, 3.05) is 27.2 Å². The predicted octanol–water partition coefficient (Wildman–Crippen LogP) is 3.61. The molecule has 4 heteroatoms. The molecule has 21 heavy (non-hydrogen) atoms. The zero-order valence-electron chi connectivity index (χ0n) is 15.0. The lowest BCUT2D eigenvalue weighted by atomic mass is 9.86. The van der Waals surface area contributed by atoms with Gasteiger partial charge in [0.1, 0.15) is 0 Å². The summed E-state index contributed by atoms with van der Waals surface area (Å²) in [7, 11) is 4.10. The maximum atomic E-state index is 12.3. The van der Waals surface area contributed by atoms with Gasteiger partial charge >= 0.3 is 5.97 Å². The van der Waals surface area contributed by atoms with Crippen molar-refractivity contribution in [3.05, 3.63) is 0 Å². The summed E-state index contributed by atoms with van der Waals surface area (Å²) in [5.41, 5.74) is 0. The molecule has 0 spiro atoms. The van der Waals surface area contributed by atoms with E-state index in [0.717, 1.165) is 32.4 Å². The standard InChI is InChI=1S/C17H34N2O2/c1-8-10-15(18-11-9-12-19(6)7)21-17(20)16(13(2)3)14(4)5/h13-14,16H,8-12H2,1-7H3. The number of nitrogens with zero attached hydrogens (tertiary/aromatic N) is 2. The van der Waals surface area contributed by atoms with Gasteiger partial charge in [-0.05, 0) is 45.3 Å². The summed E-state index contributed by atoms with van der Waals surface area (Å²) in [5, 5.41) is 0. The van der Waals surface area contributed by atoms with Crippen LogP contribution in [-0.4, -0.2) is 44.0 Å². The molecule has 0 aromatic carbocycles. The van der Waals surface area contributed by atoms with E-state index >= 15 is 0 Å². The normalized spacial score (nSPS) is 12.8. The topological polar surface area (TPSA) is 41.9 Å². The quantitative estimate of drug-likeness (QED) is 0.283. The van der Waals surface area contributed by atoms with Crippen LogP contribution in [0.1, 0.15) is 53.9 Å². The maximum absolute atomic E-state index is 12.3. The van der Waals surface area contributed by atoms with E-state index in [0.29, 0.717) is 5.90 Å². The Morgan fingerprint density at radius 1 is 1.14 bits per heavy atom. The summed E-state index contributed by atoms with van der Waals surface area (Å²) >= 11 is 0. The fourth-order valence-electron chi connectivity index (χ4n) is 2.47. The summed E-state index contributed by atoms with van der Waals surface area (Å²) in [5.74, 6) is 0.990. The largest absolute Gasteiger partial charge is 0.412 e. The molecule has 0 aliphatic heterocycles. The molecule has 0 aliphatic rings. The molecule has 0 N–H and O–H groups in total. The first-order valence-corrected chi connectivity index (χ1v) is 8.19. The Labute approximate surface area is 131 Å². The van der Waals surface area contributed by atoms with E-state index in [2.05, 4.69) is 44.5 Å². The van der Waals surface area contributed by atoms with Crippen molar-refractivity contribution in [3.8, 4) is 0 Å². The van der Waals surface area contributed by atoms with Crippen LogP contribution < -0.4 is 0 Å². The molecule has 0 heterocycles. The minimum atomic E-state index is -0.125. The number of aliphatic imine (C=N–C) groups is 1.